The second-order valence-corrected chi connectivity index (χ2v) is 4.90. The first-order valence-corrected chi connectivity index (χ1v) is 6.48. The van der Waals surface area contributed by atoms with Crippen molar-refractivity contribution in [1.82, 2.24) is 4.98 Å². The second kappa shape index (κ2) is 6.25. The molecule has 0 atom stereocenters. The molecule has 1 aromatic carbocycles. The average Bonchev–Trinajstić information content (AvgIpc) is 2.89. The van der Waals surface area contributed by atoms with Gasteiger partial charge in [-0.2, -0.15) is 0 Å². The van der Waals surface area contributed by atoms with E-state index in [4.69, 9.17) is 0 Å². The molecule has 0 fully saturated rings. The molecule has 1 amide bonds. The van der Waals surface area contributed by atoms with E-state index in [0.29, 0.717) is 15.6 Å². The molecule has 0 saturated carbocycles. The molecular weight excluding hydrogens is 283 g/mol. The fourth-order valence-corrected chi connectivity index (χ4v) is 2.23. The lowest BCUT2D eigenvalue weighted by molar-refractivity contribution is -0.115. The van der Waals surface area contributed by atoms with Crippen molar-refractivity contribution >= 4 is 28.3 Å². The van der Waals surface area contributed by atoms with Crippen LogP contribution in [-0.2, 0) is 16.0 Å². The SMILES string of the molecule is COC(=O)c1cnc(NC(=O)Cc2ccc(F)cc2)s1. The van der Waals surface area contributed by atoms with Gasteiger partial charge in [0.05, 0.1) is 19.7 Å². The van der Waals surface area contributed by atoms with Crippen molar-refractivity contribution in [1.29, 1.82) is 0 Å². The zero-order valence-corrected chi connectivity index (χ0v) is 11.4. The fourth-order valence-electron chi connectivity index (χ4n) is 1.48. The second-order valence-electron chi connectivity index (χ2n) is 3.87. The van der Waals surface area contributed by atoms with Crippen LogP contribution in [0.1, 0.15) is 15.2 Å². The van der Waals surface area contributed by atoms with E-state index in [-0.39, 0.29) is 18.1 Å². The van der Waals surface area contributed by atoms with Gasteiger partial charge in [-0.3, -0.25) is 4.79 Å². The molecular formula is C13H11FN2O3S. The van der Waals surface area contributed by atoms with Gasteiger partial charge in [0, 0.05) is 0 Å². The summed E-state index contributed by atoms with van der Waals surface area (Å²) < 4.78 is 17.3. The number of rotatable bonds is 4. The summed E-state index contributed by atoms with van der Waals surface area (Å²) in [6.45, 7) is 0. The third-order valence-corrected chi connectivity index (χ3v) is 3.31. The lowest BCUT2D eigenvalue weighted by Crippen LogP contribution is -2.14. The molecule has 5 nitrogen and oxygen atoms in total. The van der Waals surface area contributed by atoms with Crippen LogP contribution in [0.5, 0.6) is 0 Å². The molecule has 0 saturated heterocycles. The molecule has 0 spiro atoms. The number of benzene rings is 1. The Morgan fingerprint density at radius 1 is 1.35 bits per heavy atom. The first kappa shape index (κ1) is 14.1. The number of esters is 1. The summed E-state index contributed by atoms with van der Waals surface area (Å²) >= 11 is 1.03. The third kappa shape index (κ3) is 3.61. The van der Waals surface area contributed by atoms with Crippen molar-refractivity contribution in [2.75, 3.05) is 12.4 Å². The Labute approximate surface area is 118 Å². The monoisotopic (exact) mass is 294 g/mol. The molecule has 104 valence electrons. The fraction of sp³-hybridized carbons (Fsp3) is 0.154. The zero-order chi connectivity index (χ0) is 14.5. The molecule has 0 aliphatic heterocycles. The van der Waals surface area contributed by atoms with Gasteiger partial charge in [-0.15, -0.1) is 0 Å². The minimum atomic E-state index is -0.499. The molecule has 7 heteroatoms. The van der Waals surface area contributed by atoms with Crippen LogP contribution in [0.25, 0.3) is 0 Å². The first-order chi connectivity index (χ1) is 9.58. The topological polar surface area (TPSA) is 68.3 Å². The summed E-state index contributed by atoms with van der Waals surface area (Å²) in [5, 5.41) is 2.89. The zero-order valence-electron chi connectivity index (χ0n) is 10.6. The van der Waals surface area contributed by atoms with E-state index in [2.05, 4.69) is 15.0 Å². The molecule has 2 aromatic rings. The molecule has 0 bridgehead atoms. The van der Waals surface area contributed by atoms with Crippen LogP contribution in [0.2, 0.25) is 0 Å². The Balaban J connectivity index is 1.96. The Kier molecular flexibility index (Phi) is 4.41. The maximum absolute atomic E-state index is 12.7. The number of anilines is 1. The van der Waals surface area contributed by atoms with E-state index in [1.165, 1.54) is 37.6 Å². The van der Waals surface area contributed by atoms with E-state index >= 15 is 0 Å². The molecule has 2 rings (SSSR count). The standard InChI is InChI=1S/C13H11FN2O3S/c1-19-12(18)10-7-15-13(20-10)16-11(17)6-8-2-4-9(14)5-3-8/h2-5,7H,6H2,1H3,(H,15,16,17). The number of hydrogen-bond donors (Lipinski definition) is 1. The Bertz CT molecular complexity index is 625. The molecule has 1 N–H and O–H groups in total. The van der Waals surface area contributed by atoms with Gasteiger partial charge in [0.2, 0.25) is 5.91 Å². The normalized spacial score (nSPS) is 10.1. The van der Waals surface area contributed by atoms with E-state index in [1.807, 2.05) is 0 Å². The van der Waals surface area contributed by atoms with Crippen LogP contribution >= 0.6 is 11.3 Å². The van der Waals surface area contributed by atoms with E-state index in [1.54, 1.807) is 0 Å². The first-order valence-electron chi connectivity index (χ1n) is 5.67. The summed E-state index contributed by atoms with van der Waals surface area (Å²) in [6.07, 6.45) is 1.44. The van der Waals surface area contributed by atoms with Crippen molar-refractivity contribution in [3.63, 3.8) is 0 Å². The average molecular weight is 294 g/mol. The predicted octanol–water partition coefficient (Wildman–Crippen LogP) is 2.25. The Hall–Kier alpha value is -2.28. The van der Waals surface area contributed by atoms with Gasteiger partial charge in [-0.25, -0.2) is 14.2 Å². The Morgan fingerprint density at radius 3 is 2.70 bits per heavy atom. The van der Waals surface area contributed by atoms with E-state index < -0.39 is 5.97 Å². The van der Waals surface area contributed by atoms with Gasteiger partial charge in [-0.1, -0.05) is 23.5 Å². The van der Waals surface area contributed by atoms with Crippen molar-refractivity contribution < 1.29 is 18.7 Å². The number of aromatic nitrogens is 1. The summed E-state index contributed by atoms with van der Waals surface area (Å²) in [7, 11) is 1.27. The van der Waals surface area contributed by atoms with Gasteiger partial charge in [-0.05, 0) is 17.7 Å². The van der Waals surface area contributed by atoms with Crippen LogP contribution in [0.3, 0.4) is 0 Å². The minimum Gasteiger partial charge on any atom is -0.465 e. The van der Waals surface area contributed by atoms with Crippen molar-refractivity contribution in [3.8, 4) is 0 Å². The molecule has 1 aromatic heterocycles. The van der Waals surface area contributed by atoms with Gasteiger partial charge < -0.3 is 10.1 Å². The summed E-state index contributed by atoms with van der Waals surface area (Å²) in [5.41, 5.74) is 0.689. The molecule has 0 aliphatic rings. The highest BCUT2D eigenvalue weighted by Crippen LogP contribution is 2.19. The van der Waals surface area contributed by atoms with Crippen molar-refractivity contribution in [3.05, 3.63) is 46.7 Å². The predicted molar refractivity (Wildman–Crippen MR) is 72.2 cm³/mol. The summed E-state index contributed by atoms with van der Waals surface area (Å²) in [6, 6.07) is 5.66. The maximum atomic E-state index is 12.7. The van der Waals surface area contributed by atoms with E-state index in [9.17, 15) is 14.0 Å². The maximum Gasteiger partial charge on any atom is 0.349 e. The number of thiazole rings is 1. The highest BCUT2D eigenvalue weighted by molar-refractivity contribution is 7.17. The number of carbonyl (C=O) groups is 2. The highest BCUT2D eigenvalue weighted by atomic mass is 32.1. The number of ether oxygens (including phenoxy) is 1. The van der Waals surface area contributed by atoms with E-state index in [0.717, 1.165) is 11.3 Å². The van der Waals surface area contributed by atoms with Crippen molar-refractivity contribution in [2.24, 2.45) is 0 Å². The van der Waals surface area contributed by atoms with Crippen molar-refractivity contribution in [2.45, 2.75) is 6.42 Å². The van der Waals surface area contributed by atoms with Crippen LogP contribution in [0.15, 0.2) is 30.5 Å². The quantitative estimate of drug-likeness (QED) is 0.878. The highest BCUT2D eigenvalue weighted by Gasteiger charge is 2.12. The van der Waals surface area contributed by atoms with Gasteiger partial charge in [0.25, 0.3) is 0 Å². The molecule has 20 heavy (non-hydrogen) atoms. The number of amides is 1. The minimum absolute atomic E-state index is 0.105. The van der Waals surface area contributed by atoms with Gasteiger partial charge in [0.1, 0.15) is 10.7 Å². The van der Waals surface area contributed by atoms with Crippen LogP contribution in [0, 0.1) is 5.82 Å². The molecule has 0 aliphatic carbocycles. The summed E-state index contributed by atoms with van der Waals surface area (Å²) in [5.74, 6) is -1.14. The molecule has 0 unspecified atom stereocenters. The number of halogens is 1. The Morgan fingerprint density at radius 2 is 2.05 bits per heavy atom. The third-order valence-electron chi connectivity index (χ3n) is 2.42. The van der Waals surface area contributed by atoms with Crippen LogP contribution in [-0.4, -0.2) is 24.0 Å². The van der Waals surface area contributed by atoms with Crippen LogP contribution in [0.4, 0.5) is 9.52 Å². The van der Waals surface area contributed by atoms with Crippen LogP contribution < -0.4 is 5.32 Å². The molecule has 0 radical (unpaired) electrons. The number of nitrogens with zero attached hydrogens (tertiary/aromatic N) is 1. The number of methoxy groups -OCH3 is 1. The smallest absolute Gasteiger partial charge is 0.349 e. The number of hydrogen-bond acceptors (Lipinski definition) is 5. The lowest BCUT2D eigenvalue weighted by atomic mass is 10.1. The van der Waals surface area contributed by atoms with Gasteiger partial charge in [0.15, 0.2) is 5.13 Å². The number of nitrogens with one attached hydrogen (secondary N) is 1. The molecule has 1 heterocycles. The van der Waals surface area contributed by atoms with Gasteiger partial charge >= 0.3 is 5.97 Å². The summed E-state index contributed by atoms with van der Waals surface area (Å²) in [4.78, 5) is 27.2. The lowest BCUT2D eigenvalue weighted by Gasteiger charge is -2.01. The number of carbonyl (C=O) groups excluding carboxylic acids is 2. The largest absolute Gasteiger partial charge is 0.465 e.